The van der Waals surface area contributed by atoms with E-state index in [-0.39, 0.29) is 11.6 Å². The maximum atomic E-state index is 13.1. The molecule has 0 saturated heterocycles. The molecule has 2 heteroatoms. The number of unbranched alkanes of at least 4 members (excludes halogenated alkanes) is 6. The molecule has 19 heavy (non-hydrogen) atoms. The SMILES string of the molecule is CCCCCCCCCC(=O)c1ccc(F)c(C)c1. The van der Waals surface area contributed by atoms with Crippen LogP contribution in [0.5, 0.6) is 0 Å². The van der Waals surface area contributed by atoms with E-state index in [0.717, 1.165) is 12.8 Å². The van der Waals surface area contributed by atoms with Crippen LogP contribution in [0, 0.1) is 12.7 Å². The molecule has 1 rings (SSSR count). The summed E-state index contributed by atoms with van der Waals surface area (Å²) < 4.78 is 13.1. The molecule has 1 aromatic rings. The first kappa shape index (κ1) is 15.9. The molecule has 0 aliphatic rings. The highest BCUT2D eigenvalue weighted by atomic mass is 19.1. The Morgan fingerprint density at radius 2 is 1.68 bits per heavy atom. The van der Waals surface area contributed by atoms with Crippen molar-refractivity contribution in [3.05, 3.63) is 35.1 Å². The summed E-state index contributed by atoms with van der Waals surface area (Å²) in [7, 11) is 0. The Morgan fingerprint density at radius 3 is 2.32 bits per heavy atom. The first-order valence-electron chi connectivity index (χ1n) is 7.44. The molecule has 0 unspecified atom stereocenters. The Balaban J connectivity index is 2.22. The molecule has 0 aromatic heterocycles. The lowest BCUT2D eigenvalue weighted by Crippen LogP contribution is -2.00. The van der Waals surface area contributed by atoms with Gasteiger partial charge in [-0.3, -0.25) is 4.79 Å². The summed E-state index contributed by atoms with van der Waals surface area (Å²) in [4.78, 5) is 11.9. The predicted molar refractivity (Wildman–Crippen MR) is 78.1 cm³/mol. The van der Waals surface area contributed by atoms with Gasteiger partial charge in [-0.1, -0.05) is 45.4 Å². The topological polar surface area (TPSA) is 17.1 Å². The summed E-state index contributed by atoms with van der Waals surface area (Å²) in [6.45, 7) is 3.91. The average molecular weight is 264 g/mol. The minimum Gasteiger partial charge on any atom is -0.294 e. The summed E-state index contributed by atoms with van der Waals surface area (Å²) in [5.41, 5.74) is 1.19. The molecule has 0 atom stereocenters. The Labute approximate surface area is 116 Å². The minimum absolute atomic E-state index is 0.136. The fraction of sp³-hybridized carbons (Fsp3) is 0.588. The van der Waals surface area contributed by atoms with Crippen LogP contribution < -0.4 is 0 Å². The second kappa shape index (κ2) is 8.84. The van der Waals surface area contributed by atoms with Crippen molar-refractivity contribution >= 4 is 5.78 Å². The molecule has 1 aromatic carbocycles. The Morgan fingerprint density at radius 1 is 1.05 bits per heavy atom. The molecule has 0 spiro atoms. The van der Waals surface area contributed by atoms with E-state index in [1.54, 1.807) is 19.1 Å². The highest BCUT2D eigenvalue weighted by Gasteiger charge is 2.07. The van der Waals surface area contributed by atoms with Gasteiger partial charge < -0.3 is 0 Å². The standard InChI is InChI=1S/C17H25FO/c1-3-4-5-6-7-8-9-10-17(19)15-11-12-16(18)14(2)13-15/h11-13H,3-10H2,1-2H3. The van der Waals surface area contributed by atoms with E-state index < -0.39 is 0 Å². The predicted octanol–water partition coefficient (Wildman–Crippen LogP) is 5.46. The van der Waals surface area contributed by atoms with Gasteiger partial charge >= 0.3 is 0 Å². The number of hydrogen-bond donors (Lipinski definition) is 0. The molecular formula is C17H25FO. The molecule has 106 valence electrons. The molecule has 0 amide bonds. The van der Waals surface area contributed by atoms with Crippen LogP contribution in [-0.2, 0) is 0 Å². The van der Waals surface area contributed by atoms with E-state index in [0.29, 0.717) is 17.5 Å². The third kappa shape index (κ3) is 6.00. The summed E-state index contributed by atoms with van der Waals surface area (Å²) in [5, 5.41) is 0. The van der Waals surface area contributed by atoms with Crippen LogP contribution in [0.15, 0.2) is 18.2 Å². The lowest BCUT2D eigenvalue weighted by Gasteiger charge is -2.03. The Bertz CT molecular complexity index is 398. The third-order valence-corrected chi connectivity index (χ3v) is 3.49. The zero-order valence-electron chi connectivity index (χ0n) is 12.2. The largest absolute Gasteiger partial charge is 0.294 e. The van der Waals surface area contributed by atoms with Crippen molar-refractivity contribution in [2.75, 3.05) is 0 Å². The van der Waals surface area contributed by atoms with Gasteiger partial charge in [-0.25, -0.2) is 4.39 Å². The average Bonchev–Trinajstić information content (AvgIpc) is 2.40. The Hall–Kier alpha value is -1.18. The van der Waals surface area contributed by atoms with E-state index in [1.165, 1.54) is 38.2 Å². The van der Waals surface area contributed by atoms with E-state index in [2.05, 4.69) is 6.92 Å². The maximum Gasteiger partial charge on any atom is 0.162 e. The van der Waals surface area contributed by atoms with Crippen LogP contribution in [0.4, 0.5) is 4.39 Å². The first-order chi connectivity index (χ1) is 9.15. The van der Waals surface area contributed by atoms with Crippen molar-refractivity contribution in [1.82, 2.24) is 0 Å². The lowest BCUT2D eigenvalue weighted by molar-refractivity contribution is 0.0979. The van der Waals surface area contributed by atoms with E-state index >= 15 is 0 Å². The summed E-state index contributed by atoms with van der Waals surface area (Å²) in [5.74, 6) is -0.107. The van der Waals surface area contributed by atoms with Crippen molar-refractivity contribution in [2.24, 2.45) is 0 Å². The van der Waals surface area contributed by atoms with Crippen LogP contribution in [-0.4, -0.2) is 5.78 Å². The second-order valence-electron chi connectivity index (χ2n) is 5.26. The molecule has 0 radical (unpaired) electrons. The number of aryl methyl sites for hydroxylation is 1. The molecule has 0 N–H and O–H groups in total. The minimum atomic E-state index is -0.243. The Kier molecular flexibility index (Phi) is 7.39. The molecule has 0 heterocycles. The van der Waals surface area contributed by atoms with Gasteiger partial charge in [-0.05, 0) is 37.1 Å². The van der Waals surface area contributed by atoms with Crippen molar-refractivity contribution in [3.63, 3.8) is 0 Å². The summed E-state index contributed by atoms with van der Waals surface area (Å²) in [6, 6.07) is 4.62. The summed E-state index contributed by atoms with van der Waals surface area (Å²) >= 11 is 0. The van der Waals surface area contributed by atoms with Crippen molar-refractivity contribution < 1.29 is 9.18 Å². The van der Waals surface area contributed by atoms with Crippen LogP contribution in [0.1, 0.15) is 74.2 Å². The first-order valence-corrected chi connectivity index (χ1v) is 7.44. The molecule has 1 nitrogen and oxygen atoms in total. The lowest BCUT2D eigenvalue weighted by atomic mass is 10.0. The van der Waals surface area contributed by atoms with Gasteiger partial charge in [0.25, 0.3) is 0 Å². The van der Waals surface area contributed by atoms with Gasteiger partial charge in [0.15, 0.2) is 5.78 Å². The number of rotatable bonds is 9. The number of Topliss-reactive ketones (excluding diaryl/α,β-unsaturated/α-hetero) is 1. The molecule has 0 aliphatic carbocycles. The maximum absolute atomic E-state index is 13.1. The smallest absolute Gasteiger partial charge is 0.162 e. The van der Waals surface area contributed by atoms with E-state index in [1.807, 2.05) is 0 Å². The number of carbonyl (C=O) groups is 1. The van der Waals surface area contributed by atoms with Crippen molar-refractivity contribution in [2.45, 2.75) is 65.2 Å². The zero-order valence-corrected chi connectivity index (χ0v) is 12.2. The zero-order chi connectivity index (χ0) is 14.1. The molecular weight excluding hydrogens is 239 g/mol. The highest BCUT2D eigenvalue weighted by molar-refractivity contribution is 5.96. The van der Waals surface area contributed by atoms with Crippen LogP contribution in [0.3, 0.4) is 0 Å². The number of halogens is 1. The highest BCUT2D eigenvalue weighted by Crippen LogP contribution is 2.14. The molecule has 0 aliphatic heterocycles. The number of hydrogen-bond acceptors (Lipinski definition) is 1. The van der Waals surface area contributed by atoms with Gasteiger partial charge in [0, 0.05) is 12.0 Å². The quantitative estimate of drug-likeness (QED) is 0.427. The number of ketones is 1. The van der Waals surface area contributed by atoms with Gasteiger partial charge in [0.2, 0.25) is 0 Å². The molecule has 0 fully saturated rings. The molecule has 0 bridgehead atoms. The van der Waals surface area contributed by atoms with Crippen molar-refractivity contribution in [1.29, 1.82) is 0 Å². The van der Waals surface area contributed by atoms with Crippen LogP contribution in [0.25, 0.3) is 0 Å². The van der Waals surface area contributed by atoms with Crippen LogP contribution in [0.2, 0.25) is 0 Å². The summed E-state index contributed by atoms with van der Waals surface area (Å²) in [6.07, 6.45) is 9.03. The van der Waals surface area contributed by atoms with Gasteiger partial charge in [-0.2, -0.15) is 0 Å². The third-order valence-electron chi connectivity index (χ3n) is 3.49. The number of benzene rings is 1. The fourth-order valence-corrected chi connectivity index (χ4v) is 2.21. The molecule has 0 saturated carbocycles. The van der Waals surface area contributed by atoms with Gasteiger partial charge in [0.05, 0.1) is 0 Å². The normalized spacial score (nSPS) is 10.7. The van der Waals surface area contributed by atoms with Gasteiger partial charge in [-0.15, -0.1) is 0 Å². The number of carbonyl (C=O) groups excluding carboxylic acids is 1. The fourth-order valence-electron chi connectivity index (χ4n) is 2.21. The van der Waals surface area contributed by atoms with Crippen molar-refractivity contribution in [3.8, 4) is 0 Å². The second-order valence-corrected chi connectivity index (χ2v) is 5.26. The monoisotopic (exact) mass is 264 g/mol. The van der Waals surface area contributed by atoms with E-state index in [9.17, 15) is 9.18 Å². The van der Waals surface area contributed by atoms with Gasteiger partial charge in [0.1, 0.15) is 5.82 Å². The van der Waals surface area contributed by atoms with E-state index in [4.69, 9.17) is 0 Å². The van der Waals surface area contributed by atoms with Crippen LogP contribution >= 0.6 is 0 Å².